The van der Waals surface area contributed by atoms with Crippen molar-refractivity contribution in [2.24, 2.45) is 5.16 Å². The second-order valence-electron chi connectivity index (χ2n) is 4.17. The molecule has 0 aliphatic rings. The number of carbonyl (C=O) groups is 1. The number of amidine groups is 1. The summed E-state index contributed by atoms with van der Waals surface area (Å²) in [7, 11) is 3.01. The van der Waals surface area contributed by atoms with E-state index < -0.39 is 0 Å². The molecule has 0 saturated heterocycles. The SMILES string of the molecule is CO/N=C(/NC(=O)c1ccc(OC)cc1)c1ccccc1. The second kappa shape index (κ2) is 7.09. The van der Waals surface area contributed by atoms with E-state index in [1.807, 2.05) is 30.3 Å². The molecular formula is C16H16N2O3. The molecule has 0 fully saturated rings. The highest BCUT2D eigenvalue weighted by Gasteiger charge is 2.11. The highest BCUT2D eigenvalue weighted by Crippen LogP contribution is 2.11. The Morgan fingerprint density at radius 3 is 2.19 bits per heavy atom. The van der Waals surface area contributed by atoms with E-state index in [2.05, 4.69) is 10.5 Å². The van der Waals surface area contributed by atoms with Gasteiger partial charge in [0.2, 0.25) is 0 Å². The first-order valence-corrected chi connectivity index (χ1v) is 6.36. The molecule has 0 aliphatic heterocycles. The fourth-order valence-corrected chi connectivity index (χ4v) is 1.76. The molecule has 0 saturated carbocycles. The lowest BCUT2D eigenvalue weighted by atomic mass is 10.1. The summed E-state index contributed by atoms with van der Waals surface area (Å²) in [5, 5.41) is 6.59. The summed E-state index contributed by atoms with van der Waals surface area (Å²) in [6, 6.07) is 16.1. The Morgan fingerprint density at radius 1 is 0.952 bits per heavy atom. The van der Waals surface area contributed by atoms with E-state index in [0.717, 1.165) is 5.56 Å². The third-order valence-corrected chi connectivity index (χ3v) is 2.81. The van der Waals surface area contributed by atoms with Crippen LogP contribution in [0.5, 0.6) is 5.75 Å². The van der Waals surface area contributed by atoms with Gasteiger partial charge in [-0.2, -0.15) is 0 Å². The highest BCUT2D eigenvalue weighted by molar-refractivity contribution is 6.12. The van der Waals surface area contributed by atoms with Crippen molar-refractivity contribution in [2.45, 2.75) is 0 Å². The van der Waals surface area contributed by atoms with Crippen molar-refractivity contribution in [3.05, 3.63) is 65.7 Å². The molecule has 0 atom stereocenters. The van der Waals surface area contributed by atoms with Crippen molar-refractivity contribution in [3.8, 4) is 5.75 Å². The topological polar surface area (TPSA) is 59.9 Å². The average Bonchev–Trinajstić information content (AvgIpc) is 2.55. The number of rotatable bonds is 4. The van der Waals surface area contributed by atoms with Gasteiger partial charge in [0.15, 0.2) is 5.84 Å². The number of nitrogens with zero attached hydrogens (tertiary/aromatic N) is 1. The maximum absolute atomic E-state index is 12.2. The van der Waals surface area contributed by atoms with Crippen molar-refractivity contribution in [3.63, 3.8) is 0 Å². The number of carbonyl (C=O) groups excluding carboxylic acids is 1. The third-order valence-electron chi connectivity index (χ3n) is 2.81. The molecule has 1 N–H and O–H groups in total. The van der Waals surface area contributed by atoms with E-state index >= 15 is 0 Å². The van der Waals surface area contributed by atoms with Crippen LogP contribution < -0.4 is 10.1 Å². The molecule has 2 rings (SSSR count). The minimum atomic E-state index is -0.266. The fraction of sp³-hybridized carbons (Fsp3) is 0.125. The molecule has 1 amide bonds. The maximum Gasteiger partial charge on any atom is 0.256 e. The molecular weight excluding hydrogens is 268 g/mol. The van der Waals surface area contributed by atoms with Crippen LogP contribution >= 0.6 is 0 Å². The van der Waals surface area contributed by atoms with Crippen molar-refractivity contribution < 1.29 is 14.4 Å². The van der Waals surface area contributed by atoms with E-state index in [1.165, 1.54) is 7.11 Å². The van der Waals surface area contributed by atoms with E-state index in [4.69, 9.17) is 9.57 Å². The molecule has 21 heavy (non-hydrogen) atoms. The van der Waals surface area contributed by atoms with Crippen LogP contribution in [-0.4, -0.2) is 26.0 Å². The Balaban J connectivity index is 2.17. The lowest BCUT2D eigenvalue weighted by molar-refractivity contribution is 0.0974. The first-order chi connectivity index (χ1) is 10.2. The molecule has 0 radical (unpaired) electrons. The monoisotopic (exact) mass is 284 g/mol. The van der Waals surface area contributed by atoms with Crippen LogP contribution in [0.1, 0.15) is 15.9 Å². The van der Waals surface area contributed by atoms with Crippen LogP contribution in [0.3, 0.4) is 0 Å². The largest absolute Gasteiger partial charge is 0.497 e. The number of benzene rings is 2. The fourth-order valence-electron chi connectivity index (χ4n) is 1.76. The Hall–Kier alpha value is -2.82. The summed E-state index contributed by atoms with van der Waals surface area (Å²) in [5.41, 5.74) is 1.27. The number of hydrogen-bond acceptors (Lipinski definition) is 4. The van der Waals surface area contributed by atoms with Crippen LogP contribution in [0.15, 0.2) is 59.8 Å². The van der Waals surface area contributed by atoms with E-state index in [-0.39, 0.29) is 5.91 Å². The van der Waals surface area contributed by atoms with E-state index in [0.29, 0.717) is 17.1 Å². The summed E-state index contributed by atoms with van der Waals surface area (Å²) in [6.07, 6.45) is 0. The van der Waals surface area contributed by atoms with Crippen LogP contribution in [0, 0.1) is 0 Å². The Morgan fingerprint density at radius 2 is 1.62 bits per heavy atom. The maximum atomic E-state index is 12.2. The summed E-state index contributed by atoms with van der Waals surface area (Å²) >= 11 is 0. The molecule has 5 heteroatoms. The van der Waals surface area contributed by atoms with Gasteiger partial charge in [0.1, 0.15) is 12.9 Å². The van der Waals surface area contributed by atoms with Gasteiger partial charge in [-0.05, 0) is 24.3 Å². The predicted octanol–water partition coefficient (Wildman–Crippen LogP) is 2.43. The third kappa shape index (κ3) is 3.82. The van der Waals surface area contributed by atoms with Crippen molar-refractivity contribution >= 4 is 11.7 Å². The minimum Gasteiger partial charge on any atom is -0.497 e. The van der Waals surface area contributed by atoms with Crippen LogP contribution in [0.2, 0.25) is 0 Å². The summed E-state index contributed by atoms with van der Waals surface area (Å²) < 4.78 is 5.06. The molecule has 0 unspecified atom stereocenters. The first kappa shape index (κ1) is 14.6. The van der Waals surface area contributed by atoms with Gasteiger partial charge in [0.25, 0.3) is 5.91 Å². The molecule has 0 aliphatic carbocycles. The Kier molecular flexibility index (Phi) is 4.93. The molecule has 0 bridgehead atoms. The average molecular weight is 284 g/mol. The Labute approximate surface area is 123 Å². The minimum absolute atomic E-state index is 0.266. The number of oxime groups is 1. The molecule has 0 aromatic heterocycles. The zero-order valence-corrected chi connectivity index (χ0v) is 11.9. The van der Waals surface area contributed by atoms with Gasteiger partial charge in [-0.15, -0.1) is 0 Å². The van der Waals surface area contributed by atoms with Gasteiger partial charge in [-0.3, -0.25) is 4.79 Å². The van der Waals surface area contributed by atoms with Gasteiger partial charge in [0, 0.05) is 11.1 Å². The molecule has 0 spiro atoms. The standard InChI is InChI=1S/C16H16N2O3/c1-20-14-10-8-13(9-11-14)16(19)17-15(18-21-2)12-6-4-3-5-7-12/h3-11H,1-2H3,(H,17,18,19). The highest BCUT2D eigenvalue weighted by atomic mass is 16.6. The molecule has 0 heterocycles. The normalized spacial score (nSPS) is 10.9. The number of methoxy groups -OCH3 is 1. The van der Waals surface area contributed by atoms with Crippen molar-refractivity contribution in [1.29, 1.82) is 0 Å². The second-order valence-corrected chi connectivity index (χ2v) is 4.17. The van der Waals surface area contributed by atoms with Crippen molar-refractivity contribution in [2.75, 3.05) is 14.2 Å². The first-order valence-electron chi connectivity index (χ1n) is 6.36. The summed E-state index contributed by atoms with van der Waals surface area (Å²) in [5.74, 6) is 0.789. The van der Waals surface area contributed by atoms with E-state index in [9.17, 15) is 4.79 Å². The number of nitrogens with one attached hydrogen (secondary N) is 1. The number of hydrogen-bond donors (Lipinski definition) is 1. The van der Waals surface area contributed by atoms with Crippen LogP contribution in [0.4, 0.5) is 0 Å². The van der Waals surface area contributed by atoms with Gasteiger partial charge in [0.05, 0.1) is 7.11 Å². The molecule has 2 aromatic carbocycles. The van der Waals surface area contributed by atoms with Gasteiger partial charge in [-0.25, -0.2) is 0 Å². The van der Waals surface area contributed by atoms with Crippen LogP contribution in [0.25, 0.3) is 0 Å². The van der Waals surface area contributed by atoms with Crippen molar-refractivity contribution in [1.82, 2.24) is 5.32 Å². The zero-order valence-electron chi connectivity index (χ0n) is 11.9. The van der Waals surface area contributed by atoms with Gasteiger partial charge < -0.3 is 14.9 Å². The van der Waals surface area contributed by atoms with E-state index in [1.54, 1.807) is 31.4 Å². The molecule has 108 valence electrons. The van der Waals surface area contributed by atoms with Crippen LogP contribution in [-0.2, 0) is 4.84 Å². The lowest BCUT2D eigenvalue weighted by Crippen LogP contribution is -2.31. The van der Waals surface area contributed by atoms with Gasteiger partial charge >= 0.3 is 0 Å². The predicted molar refractivity (Wildman–Crippen MR) is 80.4 cm³/mol. The smallest absolute Gasteiger partial charge is 0.256 e. The molecule has 2 aromatic rings. The quantitative estimate of drug-likeness (QED) is 0.533. The summed E-state index contributed by atoms with van der Waals surface area (Å²) in [4.78, 5) is 17.0. The molecule has 5 nitrogen and oxygen atoms in total. The number of amides is 1. The zero-order chi connectivity index (χ0) is 15.1. The summed E-state index contributed by atoms with van der Waals surface area (Å²) in [6.45, 7) is 0. The lowest BCUT2D eigenvalue weighted by Gasteiger charge is -2.08. The van der Waals surface area contributed by atoms with Gasteiger partial charge in [-0.1, -0.05) is 35.5 Å². The Bertz CT molecular complexity index is 622. The number of ether oxygens (including phenoxy) is 1.